The molecule has 7 heteroatoms. The molecule has 0 atom stereocenters. The Morgan fingerprint density at radius 3 is 2.26 bits per heavy atom. The average molecular weight is 284 g/mol. The second-order valence-electron chi connectivity index (χ2n) is 5.63. The van der Waals surface area contributed by atoms with Gasteiger partial charge in [0.05, 0.1) is 16.9 Å². The van der Waals surface area contributed by atoms with Gasteiger partial charge in [0, 0.05) is 11.0 Å². The first kappa shape index (κ1) is 14.5. The van der Waals surface area contributed by atoms with Crippen LogP contribution in [0.3, 0.4) is 0 Å². The van der Waals surface area contributed by atoms with Gasteiger partial charge in [0.25, 0.3) is 0 Å². The molecule has 19 heavy (non-hydrogen) atoms. The molecule has 2 heterocycles. The maximum absolute atomic E-state index is 14.4. The lowest BCUT2D eigenvalue weighted by Crippen LogP contribution is -2.41. The lowest BCUT2D eigenvalue weighted by Gasteiger charge is -2.32. The quantitative estimate of drug-likeness (QED) is 0.848. The van der Waals surface area contributed by atoms with Crippen molar-refractivity contribution in [1.82, 2.24) is 4.98 Å². The van der Waals surface area contributed by atoms with Crippen molar-refractivity contribution in [1.29, 1.82) is 0 Å². The van der Waals surface area contributed by atoms with Gasteiger partial charge in [0.15, 0.2) is 5.13 Å². The molecule has 4 nitrogen and oxygen atoms in total. The van der Waals surface area contributed by atoms with Crippen molar-refractivity contribution >= 4 is 29.2 Å². The first-order valence-corrected chi connectivity index (χ1v) is 6.95. The van der Waals surface area contributed by atoms with Crippen LogP contribution in [0.1, 0.15) is 40.3 Å². The van der Waals surface area contributed by atoms with Crippen LogP contribution in [0.5, 0.6) is 0 Å². The highest BCUT2D eigenvalue weighted by atomic mass is 32.1. The minimum atomic E-state index is -0.993. The molecule has 2 N–H and O–H groups in total. The maximum atomic E-state index is 14.4. The number of nitrogen functional groups attached to an aromatic ring is 1. The highest BCUT2D eigenvalue weighted by Gasteiger charge is 2.53. The third-order valence-electron chi connectivity index (χ3n) is 3.72. The van der Waals surface area contributed by atoms with E-state index < -0.39 is 24.0 Å². The van der Waals surface area contributed by atoms with Gasteiger partial charge in [-0.3, -0.25) is 0 Å². The van der Waals surface area contributed by atoms with Gasteiger partial charge in [-0.25, -0.2) is 9.37 Å². The number of halogens is 1. The molecule has 0 bridgehead atoms. The van der Waals surface area contributed by atoms with Crippen LogP contribution in [0, 0.1) is 0 Å². The Bertz CT molecular complexity index is 512. The summed E-state index contributed by atoms with van der Waals surface area (Å²) in [4.78, 5) is 4.06. The van der Waals surface area contributed by atoms with Crippen molar-refractivity contribution in [2.24, 2.45) is 0 Å². The fourth-order valence-corrected chi connectivity index (χ4v) is 2.32. The predicted octanol–water partition coefficient (Wildman–Crippen LogP) is 3.06. The summed E-state index contributed by atoms with van der Waals surface area (Å²) in [7, 11) is -0.993. The van der Waals surface area contributed by atoms with Crippen LogP contribution in [-0.4, -0.2) is 23.3 Å². The Hall–Kier alpha value is -0.915. The second-order valence-corrected chi connectivity index (χ2v) is 6.52. The van der Waals surface area contributed by atoms with Crippen molar-refractivity contribution in [3.05, 3.63) is 16.8 Å². The summed E-state index contributed by atoms with van der Waals surface area (Å²) in [5.41, 5.74) is 4.90. The highest BCUT2D eigenvalue weighted by Crippen LogP contribution is 2.40. The predicted molar refractivity (Wildman–Crippen MR) is 76.3 cm³/mol. The zero-order valence-electron chi connectivity index (χ0n) is 11.8. The van der Waals surface area contributed by atoms with Crippen molar-refractivity contribution < 1.29 is 13.7 Å². The zero-order chi connectivity index (χ0) is 14.4. The molecule has 2 rings (SSSR count). The minimum Gasteiger partial charge on any atom is -0.398 e. The third kappa shape index (κ3) is 2.54. The van der Waals surface area contributed by atoms with Crippen LogP contribution in [0.2, 0.25) is 0 Å². The van der Waals surface area contributed by atoms with E-state index in [9.17, 15) is 4.39 Å². The molecule has 0 amide bonds. The number of rotatable bonds is 2. The molecular weight excluding hydrogens is 266 g/mol. The van der Waals surface area contributed by atoms with Gasteiger partial charge in [0.1, 0.15) is 5.73 Å². The fraction of sp³-hybridized carbons (Fsp3) is 0.583. The molecule has 0 unspecified atom stereocenters. The monoisotopic (exact) mass is 284 g/mol. The van der Waals surface area contributed by atoms with E-state index in [1.54, 1.807) is 12.3 Å². The van der Waals surface area contributed by atoms with Gasteiger partial charge in [-0.2, -0.15) is 0 Å². The standard InChI is InChI=1S/C12H18BFN2O2S/c1-7(8-6-19-10(15)16-8)9(14)13-17-11(2,3)12(4,5)18-13/h6H,1-5H3,(H2,15,16). The van der Waals surface area contributed by atoms with E-state index in [2.05, 4.69) is 4.98 Å². The Morgan fingerprint density at radius 1 is 1.32 bits per heavy atom. The second kappa shape index (κ2) is 4.57. The lowest BCUT2D eigenvalue weighted by atomic mass is 9.84. The molecule has 0 aromatic carbocycles. The van der Waals surface area contributed by atoms with Gasteiger partial charge >= 0.3 is 7.12 Å². The lowest BCUT2D eigenvalue weighted by molar-refractivity contribution is 0.00578. The van der Waals surface area contributed by atoms with Crippen LogP contribution in [-0.2, 0) is 9.31 Å². The third-order valence-corrected chi connectivity index (χ3v) is 4.40. The van der Waals surface area contributed by atoms with Crippen LogP contribution < -0.4 is 5.73 Å². The largest absolute Gasteiger partial charge is 0.525 e. The van der Waals surface area contributed by atoms with E-state index in [0.717, 1.165) is 0 Å². The Balaban J connectivity index is 2.28. The van der Waals surface area contributed by atoms with Crippen LogP contribution in [0.25, 0.3) is 5.57 Å². The van der Waals surface area contributed by atoms with Crippen LogP contribution in [0.4, 0.5) is 9.52 Å². The average Bonchev–Trinajstić information content (AvgIpc) is 2.79. The molecule has 0 aliphatic carbocycles. The summed E-state index contributed by atoms with van der Waals surface area (Å²) in [5.74, 6) is 0. The Kier molecular flexibility index (Phi) is 3.49. The van der Waals surface area contributed by atoms with Crippen molar-refractivity contribution in [3.63, 3.8) is 0 Å². The first-order chi connectivity index (χ1) is 8.64. The molecule has 0 radical (unpaired) electrons. The molecule has 1 aliphatic rings. The van der Waals surface area contributed by atoms with E-state index in [-0.39, 0.29) is 0 Å². The number of allylic oxidation sites excluding steroid dienone is 1. The topological polar surface area (TPSA) is 57.4 Å². The number of thiazole rings is 1. The number of nitrogens with zero attached hydrogens (tertiary/aromatic N) is 1. The molecular formula is C12H18BFN2O2S. The zero-order valence-corrected chi connectivity index (χ0v) is 12.6. The smallest absolute Gasteiger partial charge is 0.398 e. The number of nitrogens with two attached hydrogens (primary N) is 1. The number of aromatic nitrogens is 1. The summed E-state index contributed by atoms with van der Waals surface area (Å²) >= 11 is 1.28. The van der Waals surface area contributed by atoms with Crippen molar-refractivity contribution in [2.45, 2.75) is 45.8 Å². The summed E-state index contributed by atoms with van der Waals surface area (Å²) in [6.07, 6.45) is 0. The van der Waals surface area contributed by atoms with Gasteiger partial charge < -0.3 is 15.0 Å². The summed E-state index contributed by atoms with van der Waals surface area (Å²) < 4.78 is 25.8. The Labute approximate surface area is 117 Å². The highest BCUT2D eigenvalue weighted by molar-refractivity contribution is 7.13. The van der Waals surface area contributed by atoms with Crippen LogP contribution in [0.15, 0.2) is 11.1 Å². The molecule has 104 valence electrons. The summed E-state index contributed by atoms with van der Waals surface area (Å²) in [5, 5.41) is 2.13. The summed E-state index contributed by atoms with van der Waals surface area (Å²) in [6, 6.07) is 0. The van der Waals surface area contributed by atoms with E-state index in [0.29, 0.717) is 16.4 Å². The van der Waals surface area contributed by atoms with Crippen molar-refractivity contribution in [3.8, 4) is 0 Å². The van der Waals surface area contributed by atoms with Gasteiger partial charge in [-0.05, 0) is 34.6 Å². The number of hydrogen-bond acceptors (Lipinski definition) is 5. The van der Waals surface area contributed by atoms with Crippen LogP contribution >= 0.6 is 11.3 Å². The molecule has 1 saturated heterocycles. The molecule has 0 spiro atoms. The van der Waals surface area contributed by atoms with E-state index in [4.69, 9.17) is 15.0 Å². The number of anilines is 1. The first-order valence-electron chi connectivity index (χ1n) is 6.07. The van der Waals surface area contributed by atoms with Gasteiger partial charge in [-0.1, -0.05) is 0 Å². The molecule has 1 aliphatic heterocycles. The van der Waals surface area contributed by atoms with Gasteiger partial charge in [0.2, 0.25) is 0 Å². The normalized spacial score (nSPS) is 22.5. The molecule has 1 aromatic rings. The minimum absolute atomic E-state index is 0.395. The SMILES string of the molecule is CC(=C(F)B1OC(C)(C)C(C)(C)O1)c1csc(N)n1. The van der Waals surface area contributed by atoms with E-state index >= 15 is 0 Å². The molecule has 1 fully saturated rings. The number of hydrogen-bond donors (Lipinski definition) is 1. The van der Waals surface area contributed by atoms with Crippen molar-refractivity contribution in [2.75, 3.05) is 5.73 Å². The molecule has 0 saturated carbocycles. The Morgan fingerprint density at radius 2 is 1.84 bits per heavy atom. The maximum Gasteiger partial charge on any atom is 0.525 e. The van der Waals surface area contributed by atoms with E-state index in [1.165, 1.54) is 11.3 Å². The molecule has 1 aromatic heterocycles. The van der Waals surface area contributed by atoms with E-state index in [1.807, 2.05) is 27.7 Å². The van der Waals surface area contributed by atoms with Gasteiger partial charge in [-0.15, -0.1) is 11.3 Å². The summed E-state index contributed by atoms with van der Waals surface area (Å²) in [6.45, 7) is 9.19. The fourth-order valence-electron chi connectivity index (χ4n) is 1.71.